The first-order chi connectivity index (χ1) is 10.8. The van der Waals surface area contributed by atoms with Crippen LogP contribution in [-0.4, -0.2) is 48.1 Å². The van der Waals surface area contributed by atoms with Gasteiger partial charge in [-0.2, -0.15) is 0 Å². The van der Waals surface area contributed by atoms with Gasteiger partial charge in [0.1, 0.15) is 0 Å². The van der Waals surface area contributed by atoms with Crippen molar-refractivity contribution in [1.82, 2.24) is 9.80 Å². The van der Waals surface area contributed by atoms with Gasteiger partial charge in [-0.25, -0.2) is 0 Å². The minimum Gasteiger partial charge on any atom is -0.299 e. The Morgan fingerprint density at radius 3 is 1.59 bits per heavy atom. The zero-order chi connectivity index (χ0) is 14.8. The molecule has 114 valence electrons. The molecule has 0 aromatic heterocycles. The Bertz CT molecular complexity index is 559. The second-order valence-corrected chi connectivity index (χ2v) is 6.81. The molecule has 3 fully saturated rings. The lowest BCUT2D eigenvalue weighted by Gasteiger charge is -2.56. The van der Waals surface area contributed by atoms with Crippen LogP contribution >= 0.6 is 0 Å². The van der Waals surface area contributed by atoms with Crippen LogP contribution in [0.25, 0.3) is 0 Å². The van der Waals surface area contributed by atoms with E-state index in [-0.39, 0.29) is 5.54 Å². The minimum absolute atomic E-state index is 0.263. The molecule has 2 aromatic rings. The second kappa shape index (κ2) is 5.86. The highest BCUT2D eigenvalue weighted by Gasteiger charge is 2.44. The van der Waals surface area contributed by atoms with Gasteiger partial charge in [-0.15, -0.1) is 0 Å². The van der Waals surface area contributed by atoms with Gasteiger partial charge in [0.2, 0.25) is 0 Å². The molecule has 3 aliphatic heterocycles. The van der Waals surface area contributed by atoms with Gasteiger partial charge in [-0.3, -0.25) is 9.80 Å². The largest absolute Gasteiger partial charge is 0.299 e. The lowest BCUT2D eigenvalue weighted by atomic mass is 9.79. The fourth-order valence-corrected chi connectivity index (χ4v) is 4.25. The van der Waals surface area contributed by atoms with Crippen molar-refractivity contribution in [3.63, 3.8) is 0 Å². The molecular formula is C20H24N2. The molecule has 0 unspecified atom stereocenters. The van der Waals surface area contributed by atoms with Crippen molar-refractivity contribution in [2.45, 2.75) is 18.4 Å². The highest BCUT2D eigenvalue weighted by molar-refractivity contribution is 5.24. The number of fused-ring (bicyclic) bond motifs is 3. The van der Waals surface area contributed by atoms with Crippen LogP contribution in [0.1, 0.15) is 11.1 Å². The monoisotopic (exact) mass is 292 g/mol. The maximum atomic E-state index is 2.76. The lowest BCUT2D eigenvalue weighted by molar-refractivity contribution is -0.0542. The van der Waals surface area contributed by atoms with Gasteiger partial charge in [0.05, 0.1) is 0 Å². The van der Waals surface area contributed by atoms with E-state index >= 15 is 0 Å². The van der Waals surface area contributed by atoms with Crippen molar-refractivity contribution in [3.05, 3.63) is 71.8 Å². The first kappa shape index (κ1) is 14.0. The highest BCUT2D eigenvalue weighted by atomic mass is 15.4. The Balaban J connectivity index is 1.65. The smallest absolute Gasteiger partial charge is 0.0417 e. The van der Waals surface area contributed by atoms with Gasteiger partial charge >= 0.3 is 0 Å². The number of rotatable bonds is 4. The fraction of sp³-hybridized carbons (Fsp3) is 0.400. The summed E-state index contributed by atoms with van der Waals surface area (Å²) in [6.45, 7) is 6.13. The molecule has 5 rings (SSSR count). The Kier molecular flexibility index (Phi) is 3.73. The van der Waals surface area contributed by atoms with E-state index in [9.17, 15) is 0 Å². The molecule has 22 heavy (non-hydrogen) atoms. The average molecular weight is 292 g/mol. The average Bonchev–Trinajstić information content (AvgIpc) is 2.57. The molecule has 0 radical (unpaired) electrons. The van der Waals surface area contributed by atoms with Crippen molar-refractivity contribution in [2.75, 3.05) is 32.7 Å². The number of nitrogens with zero attached hydrogens (tertiary/aromatic N) is 2. The molecule has 3 heterocycles. The van der Waals surface area contributed by atoms with Gasteiger partial charge in [-0.1, -0.05) is 60.7 Å². The Morgan fingerprint density at radius 2 is 1.18 bits per heavy atom. The summed E-state index contributed by atoms with van der Waals surface area (Å²) in [5, 5.41) is 0. The number of benzene rings is 2. The molecule has 3 aliphatic rings. The van der Waals surface area contributed by atoms with E-state index in [4.69, 9.17) is 0 Å². The molecule has 3 saturated heterocycles. The van der Waals surface area contributed by atoms with E-state index in [1.165, 1.54) is 43.9 Å². The van der Waals surface area contributed by atoms with Gasteiger partial charge < -0.3 is 0 Å². The first-order valence-electron chi connectivity index (χ1n) is 8.39. The van der Waals surface area contributed by atoms with Crippen LogP contribution in [0.4, 0.5) is 0 Å². The quantitative estimate of drug-likeness (QED) is 0.855. The minimum atomic E-state index is 0.263. The van der Waals surface area contributed by atoms with Gasteiger partial charge in [-0.05, 0) is 24.0 Å². The molecule has 0 N–H and O–H groups in total. The third-order valence-corrected chi connectivity index (χ3v) is 5.31. The van der Waals surface area contributed by atoms with Crippen LogP contribution in [0.5, 0.6) is 0 Å². The molecule has 0 aliphatic carbocycles. The van der Waals surface area contributed by atoms with E-state index in [1.54, 1.807) is 0 Å². The predicted octanol–water partition coefficient (Wildman–Crippen LogP) is 2.84. The summed E-state index contributed by atoms with van der Waals surface area (Å²) in [4.78, 5) is 5.42. The Morgan fingerprint density at radius 1 is 0.682 bits per heavy atom. The van der Waals surface area contributed by atoms with Gasteiger partial charge in [0, 0.05) is 38.3 Å². The summed E-state index contributed by atoms with van der Waals surface area (Å²) >= 11 is 0. The number of hydrogen-bond donors (Lipinski definition) is 0. The zero-order valence-electron chi connectivity index (χ0n) is 13.1. The summed E-state index contributed by atoms with van der Waals surface area (Å²) in [5.41, 5.74) is 3.19. The summed E-state index contributed by atoms with van der Waals surface area (Å²) in [7, 11) is 0. The third kappa shape index (κ3) is 2.69. The van der Waals surface area contributed by atoms with Crippen LogP contribution in [0, 0.1) is 0 Å². The number of hydrogen-bond acceptors (Lipinski definition) is 2. The molecule has 2 bridgehead atoms. The van der Waals surface area contributed by atoms with Crippen LogP contribution in [0.2, 0.25) is 0 Å². The number of piperazine rings is 3. The third-order valence-electron chi connectivity index (χ3n) is 5.31. The summed E-state index contributed by atoms with van der Waals surface area (Å²) in [6.07, 6.45) is 2.30. The van der Waals surface area contributed by atoms with E-state index < -0.39 is 0 Å². The van der Waals surface area contributed by atoms with E-state index in [0.717, 1.165) is 12.8 Å². The van der Waals surface area contributed by atoms with Crippen LogP contribution in [-0.2, 0) is 12.8 Å². The molecule has 2 nitrogen and oxygen atoms in total. The zero-order valence-corrected chi connectivity index (χ0v) is 13.1. The maximum Gasteiger partial charge on any atom is 0.0417 e. The van der Waals surface area contributed by atoms with Crippen LogP contribution < -0.4 is 0 Å². The van der Waals surface area contributed by atoms with Crippen molar-refractivity contribution >= 4 is 0 Å². The van der Waals surface area contributed by atoms with Crippen molar-refractivity contribution < 1.29 is 0 Å². The Labute approximate surface area is 133 Å². The van der Waals surface area contributed by atoms with Crippen molar-refractivity contribution in [2.24, 2.45) is 0 Å². The molecular weight excluding hydrogens is 268 g/mol. The van der Waals surface area contributed by atoms with E-state index in [2.05, 4.69) is 70.5 Å². The SMILES string of the molecule is c1ccc(CC2(Cc3ccccc3)CN3CCN2CC3)cc1. The van der Waals surface area contributed by atoms with Crippen LogP contribution in [0.3, 0.4) is 0 Å². The molecule has 2 heteroatoms. The molecule has 0 atom stereocenters. The highest BCUT2D eigenvalue weighted by Crippen LogP contribution is 2.33. The van der Waals surface area contributed by atoms with Crippen molar-refractivity contribution in [3.8, 4) is 0 Å². The summed E-state index contributed by atoms with van der Waals surface area (Å²) < 4.78 is 0. The van der Waals surface area contributed by atoms with Crippen LogP contribution in [0.15, 0.2) is 60.7 Å². The Hall–Kier alpha value is -1.64. The lowest BCUT2D eigenvalue weighted by Crippen LogP contribution is -2.70. The van der Waals surface area contributed by atoms with E-state index in [0.29, 0.717) is 0 Å². The fourth-order valence-electron chi connectivity index (χ4n) is 4.25. The van der Waals surface area contributed by atoms with Crippen molar-refractivity contribution in [1.29, 1.82) is 0 Å². The maximum absolute atomic E-state index is 2.76. The first-order valence-corrected chi connectivity index (χ1v) is 8.39. The predicted molar refractivity (Wildman–Crippen MR) is 91.0 cm³/mol. The van der Waals surface area contributed by atoms with E-state index in [1.807, 2.05) is 0 Å². The standard InChI is InChI=1S/C20H24N2/c1-3-7-18(8-4-1)15-20(16-19-9-5-2-6-10-19)17-21-11-13-22(20)14-12-21/h1-10H,11-17H2. The topological polar surface area (TPSA) is 6.48 Å². The molecule has 0 amide bonds. The normalized spacial score (nSPS) is 26.0. The summed E-state index contributed by atoms with van der Waals surface area (Å²) in [6, 6.07) is 22.0. The summed E-state index contributed by atoms with van der Waals surface area (Å²) in [5.74, 6) is 0. The molecule has 0 spiro atoms. The molecule has 2 aromatic carbocycles. The molecule has 0 saturated carbocycles. The van der Waals surface area contributed by atoms with Gasteiger partial charge in [0.25, 0.3) is 0 Å². The second-order valence-electron chi connectivity index (χ2n) is 6.81. The van der Waals surface area contributed by atoms with Gasteiger partial charge in [0.15, 0.2) is 0 Å².